The summed E-state index contributed by atoms with van der Waals surface area (Å²) in [5.41, 5.74) is 1.72. The highest BCUT2D eigenvalue weighted by Gasteiger charge is 2.36. The van der Waals surface area contributed by atoms with Crippen molar-refractivity contribution in [2.75, 3.05) is 13.3 Å². The Kier molecular flexibility index (Phi) is 4.22. The average molecular weight is 383 g/mol. The summed E-state index contributed by atoms with van der Waals surface area (Å²) in [6.07, 6.45) is 0.0375. The minimum Gasteiger partial charge on any atom is -0.454 e. The van der Waals surface area contributed by atoms with Crippen LogP contribution in [0, 0.1) is 5.82 Å². The molecule has 1 aromatic heterocycles. The van der Waals surface area contributed by atoms with Gasteiger partial charge in [0, 0.05) is 18.7 Å². The molecule has 1 fully saturated rings. The van der Waals surface area contributed by atoms with Gasteiger partial charge in [-0.2, -0.15) is 4.98 Å². The van der Waals surface area contributed by atoms with Gasteiger partial charge >= 0.3 is 0 Å². The lowest BCUT2D eigenvalue weighted by molar-refractivity contribution is 0.169. The SMILES string of the molecule is O[C@@H]1C[C@@H](c2nc(-c3ccc(F)cc3)no2)N(Cc2ccc3c(c2)OCO3)C1. The quantitative estimate of drug-likeness (QED) is 0.742. The summed E-state index contributed by atoms with van der Waals surface area (Å²) >= 11 is 0. The minimum absolute atomic E-state index is 0.192. The van der Waals surface area contributed by atoms with Gasteiger partial charge in [-0.05, 0) is 48.4 Å². The predicted octanol–water partition coefficient (Wildman–Crippen LogP) is 2.91. The van der Waals surface area contributed by atoms with Crippen molar-refractivity contribution < 1.29 is 23.5 Å². The fourth-order valence-electron chi connectivity index (χ4n) is 3.67. The third-order valence-electron chi connectivity index (χ3n) is 5.03. The van der Waals surface area contributed by atoms with E-state index in [1.165, 1.54) is 12.1 Å². The van der Waals surface area contributed by atoms with E-state index in [4.69, 9.17) is 14.0 Å². The molecule has 0 amide bonds. The molecule has 2 aromatic carbocycles. The zero-order chi connectivity index (χ0) is 19.1. The Bertz CT molecular complexity index is 991. The third kappa shape index (κ3) is 3.21. The fourth-order valence-corrected chi connectivity index (χ4v) is 3.67. The van der Waals surface area contributed by atoms with E-state index >= 15 is 0 Å². The number of fused-ring (bicyclic) bond motifs is 1. The van der Waals surface area contributed by atoms with E-state index in [1.54, 1.807) is 12.1 Å². The molecule has 28 heavy (non-hydrogen) atoms. The highest BCUT2D eigenvalue weighted by atomic mass is 19.1. The summed E-state index contributed by atoms with van der Waals surface area (Å²) in [5, 5.41) is 14.2. The molecule has 2 aliphatic rings. The maximum absolute atomic E-state index is 13.1. The molecule has 0 unspecified atom stereocenters. The molecule has 7 nitrogen and oxygen atoms in total. The smallest absolute Gasteiger partial charge is 0.244 e. The van der Waals surface area contributed by atoms with E-state index in [0.29, 0.717) is 36.8 Å². The largest absolute Gasteiger partial charge is 0.454 e. The number of nitrogens with zero attached hydrogens (tertiary/aromatic N) is 3. The van der Waals surface area contributed by atoms with Crippen molar-refractivity contribution in [1.82, 2.24) is 15.0 Å². The van der Waals surface area contributed by atoms with Crippen molar-refractivity contribution in [1.29, 1.82) is 0 Å². The molecule has 0 saturated carbocycles. The van der Waals surface area contributed by atoms with E-state index in [1.807, 2.05) is 18.2 Å². The van der Waals surface area contributed by atoms with Gasteiger partial charge in [0.25, 0.3) is 0 Å². The van der Waals surface area contributed by atoms with Crippen molar-refractivity contribution in [2.24, 2.45) is 0 Å². The Morgan fingerprint density at radius 1 is 1.11 bits per heavy atom. The number of aliphatic hydroxyl groups is 1. The number of aromatic nitrogens is 2. The van der Waals surface area contributed by atoms with Gasteiger partial charge in [-0.25, -0.2) is 4.39 Å². The molecule has 0 aliphatic carbocycles. The average Bonchev–Trinajstić information content (AvgIpc) is 3.41. The van der Waals surface area contributed by atoms with Gasteiger partial charge in [0.15, 0.2) is 11.5 Å². The number of rotatable bonds is 4. The van der Waals surface area contributed by atoms with Crippen molar-refractivity contribution >= 4 is 0 Å². The zero-order valence-electron chi connectivity index (χ0n) is 14.9. The van der Waals surface area contributed by atoms with Gasteiger partial charge in [-0.15, -0.1) is 0 Å². The van der Waals surface area contributed by atoms with Gasteiger partial charge in [0.2, 0.25) is 18.5 Å². The van der Waals surface area contributed by atoms with Crippen LogP contribution in [0.25, 0.3) is 11.4 Å². The van der Waals surface area contributed by atoms with Crippen molar-refractivity contribution in [3.63, 3.8) is 0 Å². The van der Waals surface area contributed by atoms with Gasteiger partial charge < -0.3 is 19.1 Å². The number of β-amino-alcohol motifs (C(OH)–C–C–N with tert-alkyl or cyclic N) is 1. The molecule has 1 saturated heterocycles. The molecule has 3 aromatic rings. The summed E-state index contributed by atoms with van der Waals surface area (Å²) < 4.78 is 29.4. The Morgan fingerprint density at radius 2 is 1.93 bits per heavy atom. The molecule has 2 atom stereocenters. The molecule has 3 heterocycles. The Labute approximate surface area is 160 Å². The number of ether oxygens (including phenoxy) is 2. The first kappa shape index (κ1) is 17.2. The molecule has 0 spiro atoms. The van der Waals surface area contributed by atoms with Crippen LogP contribution in [0.15, 0.2) is 47.0 Å². The summed E-state index contributed by atoms with van der Waals surface area (Å²) in [7, 11) is 0. The molecule has 8 heteroatoms. The van der Waals surface area contributed by atoms with E-state index in [2.05, 4.69) is 15.0 Å². The first-order valence-electron chi connectivity index (χ1n) is 9.06. The second kappa shape index (κ2) is 6.88. The van der Waals surface area contributed by atoms with Gasteiger partial charge in [0.1, 0.15) is 5.82 Å². The second-order valence-corrected chi connectivity index (χ2v) is 6.99. The number of aliphatic hydroxyl groups excluding tert-OH is 1. The van der Waals surface area contributed by atoms with Crippen molar-refractivity contribution in [2.45, 2.75) is 25.1 Å². The van der Waals surface area contributed by atoms with Crippen LogP contribution < -0.4 is 9.47 Å². The highest BCUT2D eigenvalue weighted by molar-refractivity contribution is 5.53. The third-order valence-corrected chi connectivity index (χ3v) is 5.03. The van der Waals surface area contributed by atoms with Gasteiger partial charge in [-0.1, -0.05) is 11.2 Å². The van der Waals surface area contributed by atoms with Crippen LogP contribution in [0.4, 0.5) is 4.39 Å². The van der Waals surface area contributed by atoms with Crippen LogP contribution in [0.2, 0.25) is 0 Å². The topological polar surface area (TPSA) is 80.9 Å². The van der Waals surface area contributed by atoms with Crippen LogP contribution >= 0.6 is 0 Å². The molecule has 1 N–H and O–H groups in total. The first-order valence-corrected chi connectivity index (χ1v) is 9.06. The molecular formula is C20H18FN3O4. The van der Waals surface area contributed by atoms with Crippen LogP contribution in [0.1, 0.15) is 23.9 Å². The molecule has 0 radical (unpaired) electrons. The monoisotopic (exact) mass is 383 g/mol. The van der Waals surface area contributed by atoms with Crippen LogP contribution in [0.5, 0.6) is 11.5 Å². The van der Waals surface area contributed by atoms with Crippen LogP contribution in [-0.2, 0) is 6.54 Å². The molecule has 2 aliphatic heterocycles. The van der Waals surface area contributed by atoms with Crippen LogP contribution in [-0.4, -0.2) is 39.6 Å². The first-order chi connectivity index (χ1) is 13.7. The second-order valence-electron chi connectivity index (χ2n) is 6.99. The maximum Gasteiger partial charge on any atom is 0.244 e. The van der Waals surface area contributed by atoms with E-state index < -0.39 is 6.10 Å². The Hall–Kier alpha value is -2.97. The van der Waals surface area contributed by atoms with Gasteiger partial charge in [-0.3, -0.25) is 4.90 Å². The number of likely N-dealkylation sites (tertiary alicyclic amines) is 1. The summed E-state index contributed by atoms with van der Waals surface area (Å²) in [6.45, 7) is 1.35. The predicted molar refractivity (Wildman–Crippen MR) is 96.0 cm³/mol. The number of halogens is 1. The number of hydrogen-bond acceptors (Lipinski definition) is 7. The lowest BCUT2D eigenvalue weighted by atomic mass is 10.1. The van der Waals surface area contributed by atoms with E-state index in [9.17, 15) is 9.50 Å². The molecule has 0 bridgehead atoms. The highest BCUT2D eigenvalue weighted by Crippen LogP contribution is 2.36. The molecular weight excluding hydrogens is 365 g/mol. The zero-order valence-corrected chi connectivity index (χ0v) is 14.9. The van der Waals surface area contributed by atoms with E-state index in [-0.39, 0.29) is 18.7 Å². The summed E-state index contributed by atoms with van der Waals surface area (Å²) in [6, 6.07) is 11.6. The summed E-state index contributed by atoms with van der Waals surface area (Å²) in [5.74, 6) is 1.99. The Morgan fingerprint density at radius 3 is 2.79 bits per heavy atom. The normalized spacial score (nSPS) is 21.4. The summed E-state index contributed by atoms with van der Waals surface area (Å²) in [4.78, 5) is 6.58. The van der Waals surface area contributed by atoms with Crippen LogP contribution in [0.3, 0.4) is 0 Å². The standard InChI is InChI=1S/C20H18FN3O4/c21-14-4-2-13(3-5-14)19-22-20(28-23-19)16-8-15(25)10-24(16)9-12-1-6-17-18(7-12)27-11-26-17/h1-7,15-16,25H,8-11H2/t15-,16+/m1/s1. The number of benzene rings is 2. The molecule has 5 rings (SSSR count). The maximum atomic E-state index is 13.1. The molecule has 144 valence electrons. The lowest BCUT2D eigenvalue weighted by Crippen LogP contribution is -2.24. The Balaban J connectivity index is 1.37. The fraction of sp³-hybridized carbons (Fsp3) is 0.300. The van der Waals surface area contributed by atoms with E-state index in [0.717, 1.165) is 17.1 Å². The van der Waals surface area contributed by atoms with Gasteiger partial charge in [0.05, 0.1) is 12.1 Å². The lowest BCUT2D eigenvalue weighted by Gasteiger charge is -2.21. The van der Waals surface area contributed by atoms with Crippen molar-refractivity contribution in [3.05, 3.63) is 59.7 Å². The van der Waals surface area contributed by atoms with Crippen molar-refractivity contribution in [3.8, 4) is 22.9 Å². The number of hydrogen-bond donors (Lipinski definition) is 1. The minimum atomic E-state index is -0.472.